The Labute approximate surface area is 129 Å². The second-order valence-electron chi connectivity index (χ2n) is 5.42. The first-order valence-corrected chi connectivity index (χ1v) is 8.95. The highest BCUT2D eigenvalue weighted by atomic mass is 32.1. The summed E-state index contributed by atoms with van der Waals surface area (Å²) in [5.41, 5.74) is 0.219. The molecule has 0 radical (unpaired) electrons. The maximum Gasteiger partial charge on any atom is 0.0601 e. The van der Waals surface area contributed by atoms with Crippen molar-refractivity contribution in [1.29, 1.82) is 0 Å². The van der Waals surface area contributed by atoms with Gasteiger partial charge in [0.25, 0.3) is 0 Å². The molecule has 0 aromatic carbocycles. The first kappa shape index (κ1) is 17.7. The lowest BCUT2D eigenvalue weighted by molar-refractivity contribution is 0.0505. The zero-order valence-electron chi connectivity index (χ0n) is 14.1. The maximum atomic E-state index is 3.77. The summed E-state index contributed by atoms with van der Waals surface area (Å²) in [5.74, 6) is 0. The third kappa shape index (κ3) is 3.44. The van der Waals surface area contributed by atoms with Gasteiger partial charge in [-0.1, -0.05) is 34.6 Å². The molecule has 20 heavy (non-hydrogen) atoms. The zero-order valence-corrected chi connectivity index (χ0v) is 14.9. The molecule has 0 aliphatic carbocycles. The quantitative estimate of drug-likeness (QED) is 0.716. The topological polar surface area (TPSA) is 15.3 Å². The normalized spacial score (nSPS) is 13.9. The standard InChI is InChI=1S/C17H32N2S/c1-7-17(8-2,19(10-4)11-5)16(18-9-3)15-13-12-14(6)20-15/h12-13,16,18H,7-11H2,1-6H3. The molecule has 0 saturated carbocycles. The fourth-order valence-electron chi connectivity index (χ4n) is 3.51. The molecule has 0 aliphatic rings. The van der Waals surface area contributed by atoms with E-state index >= 15 is 0 Å². The molecule has 0 saturated heterocycles. The number of aryl methyl sites for hydroxylation is 1. The molecule has 1 aromatic rings. The molecule has 1 atom stereocenters. The van der Waals surface area contributed by atoms with Crippen LogP contribution >= 0.6 is 11.3 Å². The monoisotopic (exact) mass is 296 g/mol. The van der Waals surface area contributed by atoms with Crippen LogP contribution in [0.5, 0.6) is 0 Å². The largest absolute Gasteiger partial charge is 0.308 e. The molecule has 1 unspecified atom stereocenters. The van der Waals surface area contributed by atoms with Crippen molar-refractivity contribution in [1.82, 2.24) is 10.2 Å². The van der Waals surface area contributed by atoms with Crippen molar-refractivity contribution in [3.05, 3.63) is 21.9 Å². The van der Waals surface area contributed by atoms with Gasteiger partial charge < -0.3 is 5.32 Å². The van der Waals surface area contributed by atoms with Crippen molar-refractivity contribution in [2.45, 2.75) is 66.0 Å². The maximum absolute atomic E-state index is 3.77. The Morgan fingerprint density at radius 3 is 2.05 bits per heavy atom. The van der Waals surface area contributed by atoms with Gasteiger partial charge in [0.2, 0.25) is 0 Å². The number of hydrogen-bond donors (Lipinski definition) is 1. The molecule has 1 N–H and O–H groups in total. The molecule has 2 nitrogen and oxygen atoms in total. The van der Waals surface area contributed by atoms with Crippen LogP contribution in [0.15, 0.2) is 12.1 Å². The Balaban J connectivity index is 3.23. The van der Waals surface area contributed by atoms with Crippen molar-refractivity contribution in [3.8, 4) is 0 Å². The van der Waals surface area contributed by atoms with E-state index in [1.807, 2.05) is 11.3 Å². The summed E-state index contributed by atoms with van der Waals surface area (Å²) in [6, 6.07) is 5.00. The van der Waals surface area contributed by atoms with Crippen molar-refractivity contribution < 1.29 is 0 Å². The Morgan fingerprint density at radius 2 is 1.70 bits per heavy atom. The van der Waals surface area contributed by atoms with Crippen LogP contribution < -0.4 is 5.32 Å². The number of nitrogens with one attached hydrogen (secondary N) is 1. The first-order chi connectivity index (χ1) is 9.59. The van der Waals surface area contributed by atoms with Gasteiger partial charge in [-0.3, -0.25) is 4.90 Å². The van der Waals surface area contributed by atoms with Crippen molar-refractivity contribution in [2.24, 2.45) is 0 Å². The number of hydrogen-bond acceptors (Lipinski definition) is 3. The third-order valence-corrected chi connectivity index (χ3v) is 5.67. The summed E-state index contributed by atoms with van der Waals surface area (Å²) in [6.45, 7) is 16.9. The number of rotatable bonds is 9. The SMILES string of the molecule is CCNC(c1ccc(C)s1)C(CC)(CC)N(CC)CC. The van der Waals surface area contributed by atoms with Crippen molar-refractivity contribution in [2.75, 3.05) is 19.6 Å². The molecule has 1 aromatic heterocycles. The number of thiophene rings is 1. The lowest BCUT2D eigenvalue weighted by Crippen LogP contribution is -2.55. The molecule has 1 heterocycles. The van der Waals surface area contributed by atoms with Crippen LogP contribution in [0, 0.1) is 6.92 Å². The molecule has 0 aliphatic heterocycles. The predicted molar refractivity (Wildman–Crippen MR) is 91.7 cm³/mol. The Morgan fingerprint density at radius 1 is 1.10 bits per heavy atom. The van der Waals surface area contributed by atoms with Gasteiger partial charge in [0.05, 0.1) is 6.04 Å². The third-order valence-electron chi connectivity index (χ3n) is 4.61. The lowest BCUT2D eigenvalue weighted by Gasteiger charge is -2.48. The van der Waals surface area contributed by atoms with Crippen LogP contribution in [0.4, 0.5) is 0 Å². The molecule has 3 heteroatoms. The van der Waals surface area contributed by atoms with Crippen LogP contribution in [-0.4, -0.2) is 30.1 Å². The van der Waals surface area contributed by atoms with E-state index in [1.165, 1.54) is 22.6 Å². The molecule has 1 rings (SSSR count). The summed E-state index contributed by atoms with van der Waals surface area (Å²) in [4.78, 5) is 5.54. The number of nitrogens with zero attached hydrogens (tertiary/aromatic N) is 1. The van der Waals surface area contributed by atoms with Gasteiger partial charge in [0, 0.05) is 15.3 Å². The highest BCUT2D eigenvalue weighted by molar-refractivity contribution is 7.12. The fourth-order valence-corrected chi connectivity index (χ4v) is 4.57. The minimum atomic E-state index is 0.219. The van der Waals surface area contributed by atoms with Crippen LogP contribution in [-0.2, 0) is 0 Å². The van der Waals surface area contributed by atoms with Crippen molar-refractivity contribution in [3.63, 3.8) is 0 Å². The Hall–Kier alpha value is -0.380. The van der Waals surface area contributed by atoms with Gasteiger partial charge in [-0.25, -0.2) is 0 Å². The van der Waals surface area contributed by atoms with Crippen LogP contribution in [0.25, 0.3) is 0 Å². The van der Waals surface area contributed by atoms with Gasteiger partial charge in [-0.05, 0) is 51.5 Å². The van der Waals surface area contributed by atoms with E-state index in [1.54, 1.807) is 0 Å². The molecular formula is C17H32N2S. The minimum Gasteiger partial charge on any atom is -0.308 e. The van der Waals surface area contributed by atoms with Crippen molar-refractivity contribution >= 4 is 11.3 Å². The van der Waals surface area contributed by atoms with Gasteiger partial charge >= 0.3 is 0 Å². The van der Waals surface area contributed by atoms with E-state index in [2.05, 4.69) is 63.9 Å². The molecular weight excluding hydrogens is 264 g/mol. The highest BCUT2D eigenvalue weighted by Gasteiger charge is 2.40. The van der Waals surface area contributed by atoms with E-state index in [0.29, 0.717) is 6.04 Å². The van der Waals surface area contributed by atoms with E-state index in [9.17, 15) is 0 Å². The van der Waals surface area contributed by atoms with Crippen LogP contribution in [0.3, 0.4) is 0 Å². The summed E-state index contributed by atoms with van der Waals surface area (Å²) in [7, 11) is 0. The second-order valence-corrected chi connectivity index (χ2v) is 6.74. The Kier molecular flexibility index (Phi) is 7.21. The zero-order chi connectivity index (χ0) is 15.2. The van der Waals surface area contributed by atoms with Gasteiger partial charge in [0.1, 0.15) is 0 Å². The average Bonchev–Trinajstić information content (AvgIpc) is 2.89. The number of likely N-dealkylation sites (N-methyl/N-ethyl adjacent to an activating group) is 2. The van der Waals surface area contributed by atoms with E-state index in [0.717, 1.165) is 19.6 Å². The average molecular weight is 297 g/mol. The minimum absolute atomic E-state index is 0.219. The van der Waals surface area contributed by atoms with Crippen LogP contribution in [0.1, 0.15) is 63.3 Å². The summed E-state index contributed by atoms with van der Waals surface area (Å²) in [6.07, 6.45) is 2.36. The van der Waals surface area contributed by atoms with Gasteiger partial charge in [-0.15, -0.1) is 11.3 Å². The van der Waals surface area contributed by atoms with Gasteiger partial charge in [-0.2, -0.15) is 0 Å². The smallest absolute Gasteiger partial charge is 0.0601 e. The summed E-state index contributed by atoms with van der Waals surface area (Å²) < 4.78 is 0. The molecule has 0 fully saturated rings. The molecule has 0 spiro atoms. The molecule has 116 valence electrons. The van der Waals surface area contributed by atoms with E-state index in [-0.39, 0.29) is 5.54 Å². The van der Waals surface area contributed by atoms with E-state index < -0.39 is 0 Å². The van der Waals surface area contributed by atoms with Gasteiger partial charge in [0.15, 0.2) is 0 Å². The highest BCUT2D eigenvalue weighted by Crippen LogP contribution is 2.39. The second kappa shape index (κ2) is 8.16. The Bertz CT molecular complexity index is 378. The first-order valence-electron chi connectivity index (χ1n) is 8.14. The van der Waals surface area contributed by atoms with E-state index in [4.69, 9.17) is 0 Å². The fraction of sp³-hybridized carbons (Fsp3) is 0.765. The summed E-state index contributed by atoms with van der Waals surface area (Å²) in [5, 5.41) is 3.77. The van der Waals surface area contributed by atoms with Crippen LogP contribution in [0.2, 0.25) is 0 Å². The summed E-state index contributed by atoms with van der Waals surface area (Å²) >= 11 is 1.94. The molecule has 0 bridgehead atoms. The molecule has 0 amide bonds. The lowest BCUT2D eigenvalue weighted by atomic mass is 9.81. The predicted octanol–water partition coefficient (Wildman–Crippen LogP) is 4.61.